The van der Waals surface area contributed by atoms with Crippen molar-refractivity contribution in [2.75, 3.05) is 6.61 Å². The average molecular weight is 278 g/mol. The molecule has 1 aromatic carbocycles. The summed E-state index contributed by atoms with van der Waals surface area (Å²) in [7, 11) is 0. The second-order valence-electron chi connectivity index (χ2n) is 5.11. The van der Waals surface area contributed by atoms with E-state index in [0.29, 0.717) is 12.4 Å². The van der Waals surface area contributed by atoms with Gasteiger partial charge in [0.15, 0.2) is 0 Å². The maximum absolute atomic E-state index is 11.3. The standard InChI is InChI=1S/C17H26O3/c1-3-5-7-10-14-11-9-12-15(17(18)19)16(14)20-13-8-6-4-2/h9,11-12H,3-8,10,13H2,1-2H3,(H,18,19). The number of carboxylic acid groups (broad SMARTS) is 1. The van der Waals surface area contributed by atoms with E-state index in [9.17, 15) is 9.90 Å². The number of aryl methyl sites for hydroxylation is 1. The lowest BCUT2D eigenvalue weighted by molar-refractivity contribution is 0.0692. The van der Waals surface area contributed by atoms with E-state index < -0.39 is 5.97 Å². The first-order valence-corrected chi connectivity index (χ1v) is 7.68. The molecule has 3 heteroatoms. The Balaban J connectivity index is 2.80. The van der Waals surface area contributed by atoms with Crippen LogP contribution in [0, 0.1) is 0 Å². The van der Waals surface area contributed by atoms with Crippen LogP contribution in [0.2, 0.25) is 0 Å². The Hall–Kier alpha value is -1.51. The third-order valence-electron chi connectivity index (χ3n) is 3.37. The number of carboxylic acids is 1. The predicted octanol–water partition coefficient (Wildman–Crippen LogP) is 4.69. The van der Waals surface area contributed by atoms with Gasteiger partial charge >= 0.3 is 5.97 Å². The van der Waals surface area contributed by atoms with Crippen LogP contribution in [0.15, 0.2) is 18.2 Å². The Bertz CT molecular complexity index is 413. The molecule has 1 aromatic rings. The zero-order chi connectivity index (χ0) is 14.8. The molecular weight excluding hydrogens is 252 g/mol. The molecule has 0 unspecified atom stereocenters. The lowest BCUT2D eigenvalue weighted by Gasteiger charge is -2.14. The summed E-state index contributed by atoms with van der Waals surface area (Å²) < 4.78 is 5.78. The number of rotatable bonds is 10. The Morgan fingerprint density at radius 3 is 2.45 bits per heavy atom. The van der Waals surface area contributed by atoms with Crippen LogP contribution in [0.25, 0.3) is 0 Å². The van der Waals surface area contributed by atoms with Crippen LogP contribution in [0.4, 0.5) is 0 Å². The fourth-order valence-corrected chi connectivity index (χ4v) is 2.21. The van der Waals surface area contributed by atoms with Gasteiger partial charge in [0.05, 0.1) is 6.61 Å². The van der Waals surface area contributed by atoms with Crippen LogP contribution in [-0.2, 0) is 6.42 Å². The fourth-order valence-electron chi connectivity index (χ4n) is 2.21. The van der Waals surface area contributed by atoms with Crippen molar-refractivity contribution in [1.29, 1.82) is 0 Å². The molecule has 0 aromatic heterocycles. The monoisotopic (exact) mass is 278 g/mol. The number of para-hydroxylation sites is 1. The van der Waals surface area contributed by atoms with Crippen molar-refractivity contribution in [2.45, 2.75) is 58.8 Å². The van der Waals surface area contributed by atoms with E-state index in [-0.39, 0.29) is 5.56 Å². The van der Waals surface area contributed by atoms with Gasteiger partial charge in [0, 0.05) is 0 Å². The van der Waals surface area contributed by atoms with Crippen LogP contribution >= 0.6 is 0 Å². The third kappa shape index (κ3) is 5.24. The first-order chi connectivity index (χ1) is 9.70. The molecule has 0 amide bonds. The number of carbonyl (C=O) groups is 1. The predicted molar refractivity (Wildman–Crippen MR) is 81.7 cm³/mol. The van der Waals surface area contributed by atoms with Crippen LogP contribution in [0.5, 0.6) is 5.75 Å². The quantitative estimate of drug-likeness (QED) is 0.632. The molecule has 3 nitrogen and oxygen atoms in total. The zero-order valence-electron chi connectivity index (χ0n) is 12.7. The maximum atomic E-state index is 11.3. The second-order valence-corrected chi connectivity index (χ2v) is 5.11. The summed E-state index contributed by atoms with van der Waals surface area (Å²) in [6.45, 7) is 4.90. The number of ether oxygens (including phenoxy) is 1. The molecule has 0 aliphatic heterocycles. The van der Waals surface area contributed by atoms with Crippen molar-refractivity contribution >= 4 is 5.97 Å². The van der Waals surface area contributed by atoms with Crippen molar-refractivity contribution in [1.82, 2.24) is 0 Å². The molecule has 0 radical (unpaired) electrons. The van der Waals surface area contributed by atoms with Crippen molar-refractivity contribution in [3.05, 3.63) is 29.3 Å². The normalized spacial score (nSPS) is 10.5. The Labute approximate surface area is 122 Å². The topological polar surface area (TPSA) is 46.5 Å². The smallest absolute Gasteiger partial charge is 0.339 e. The molecule has 0 saturated heterocycles. The summed E-state index contributed by atoms with van der Waals surface area (Å²) in [6, 6.07) is 5.42. The molecule has 0 saturated carbocycles. The van der Waals surface area contributed by atoms with Crippen molar-refractivity contribution in [2.24, 2.45) is 0 Å². The van der Waals surface area contributed by atoms with Crippen LogP contribution < -0.4 is 4.74 Å². The van der Waals surface area contributed by atoms with E-state index in [4.69, 9.17) is 4.74 Å². The van der Waals surface area contributed by atoms with Crippen molar-refractivity contribution < 1.29 is 14.6 Å². The zero-order valence-corrected chi connectivity index (χ0v) is 12.7. The minimum atomic E-state index is -0.909. The second kappa shape index (κ2) is 9.40. The summed E-state index contributed by atoms with van der Waals surface area (Å²) in [4.78, 5) is 11.3. The van der Waals surface area contributed by atoms with Crippen molar-refractivity contribution in [3.63, 3.8) is 0 Å². The summed E-state index contributed by atoms with van der Waals surface area (Å²) >= 11 is 0. The number of hydrogen-bond donors (Lipinski definition) is 1. The SMILES string of the molecule is CCCCCOc1c(CCCCC)cccc1C(=O)O. The van der Waals surface area contributed by atoms with E-state index in [2.05, 4.69) is 13.8 Å². The Morgan fingerprint density at radius 1 is 1.10 bits per heavy atom. The van der Waals surface area contributed by atoms with E-state index in [1.54, 1.807) is 6.07 Å². The van der Waals surface area contributed by atoms with Gasteiger partial charge < -0.3 is 9.84 Å². The molecule has 1 rings (SSSR count). The highest BCUT2D eigenvalue weighted by atomic mass is 16.5. The van der Waals surface area contributed by atoms with Gasteiger partial charge in [0.2, 0.25) is 0 Å². The first kappa shape index (κ1) is 16.5. The summed E-state index contributed by atoms with van der Waals surface area (Å²) in [5, 5.41) is 9.28. The Morgan fingerprint density at radius 2 is 1.80 bits per heavy atom. The van der Waals surface area contributed by atoms with Crippen molar-refractivity contribution in [3.8, 4) is 5.75 Å². The molecular formula is C17H26O3. The van der Waals surface area contributed by atoms with Gasteiger partial charge in [0.1, 0.15) is 11.3 Å². The lowest BCUT2D eigenvalue weighted by atomic mass is 10.0. The average Bonchev–Trinajstić information content (AvgIpc) is 2.44. The van der Waals surface area contributed by atoms with Gasteiger partial charge in [-0.1, -0.05) is 51.7 Å². The summed E-state index contributed by atoms with van der Waals surface area (Å²) in [6.07, 6.45) is 7.49. The molecule has 0 bridgehead atoms. The Kier molecular flexibility index (Phi) is 7.78. The number of aromatic carboxylic acids is 1. The van der Waals surface area contributed by atoms with E-state index in [1.807, 2.05) is 12.1 Å². The van der Waals surface area contributed by atoms with Crippen LogP contribution in [0.1, 0.15) is 68.3 Å². The molecule has 0 heterocycles. The van der Waals surface area contributed by atoms with Crippen LogP contribution in [0.3, 0.4) is 0 Å². The highest BCUT2D eigenvalue weighted by Crippen LogP contribution is 2.26. The van der Waals surface area contributed by atoms with Gasteiger partial charge in [0.25, 0.3) is 0 Å². The molecule has 1 N–H and O–H groups in total. The number of unbranched alkanes of at least 4 members (excludes halogenated alkanes) is 4. The molecule has 112 valence electrons. The summed E-state index contributed by atoms with van der Waals surface area (Å²) in [5.74, 6) is -0.333. The van der Waals surface area contributed by atoms with Gasteiger partial charge in [-0.2, -0.15) is 0 Å². The molecule has 20 heavy (non-hydrogen) atoms. The minimum Gasteiger partial charge on any atom is -0.492 e. The van der Waals surface area contributed by atoms with Crippen LogP contribution in [-0.4, -0.2) is 17.7 Å². The highest BCUT2D eigenvalue weighted by Gasteiger charge is 2.15. The van der Waals surface area contributed by atoms with Gasteiger partial charge in [-0.25, -0.2) is 4.79 Å². The van der Waals surface area contributed by atoms with E-state index in [1.165, 1.54) is 0 Å². The molecule has 0 aliphatic carbocycles. The first-order valence-electron chi connectivity index (χ1n) is 7.68. The number of hydrogen-bond acceptors (Lipinski definition) is 2. The summed E-state index contributed by atoms with van der Waals surface area (Å²) in [5.41, 5.74) is 1.31. The molecule has 0 fully saturated rings. The number of benzene rings is 1. The van der Waals surface area contributed by atoms with E-state index >= 15 is 0 Å². The lowest BCUT2D eigenvalue weighted by Crippen LogP contribution is -2.07. The maximum Gasteiger partial charge on any atom is 0.339 e. The van der Waals surface area contributed by atoms with E-state index in [0.717, 1.165) is 50.5 Å². The minimum absolute atomic E-state index is 0.287. The van der Waals surface area contributed by atoms with Gasteiger partial charge in [-0.3, -0.25) is 0 Å². The van der Waals surface area contributed by atoms with Gasteiger partial charge in [-0.05, 0) is 30.9 Å². The third-order valence-corrected chi connectivity index (χ3v) is 3.37. The molecule has 0 aliphatic rings. The highest BCUT2D eigenvalue weighted by molar-refractivity contribution is 5.91. The largest absolute Gasteiger partial charge is 0.492 e. The fraction of sp³-hybridized carbons (Fsp3) is 0.588. The van der Waals surface area contributed by atoms with Gasteiger partial charge in [-0.15, -0.1) is 0 Å². The molecule has 0 spiro atoms. The molecule has 0 atom stereocenters.